The number of nitrogens with one attached hydrogen (secondary N) is 1. The van der Waals surface area contributed by atoms with Crippen LogP contribution in [-0.2, 0) is 5.54 Å². The SMILES string of the molecule is Cc1cnn(C(C)(C)C2CN2)c1. The molecule has 0 radical (unpaired) electrons. The van der Waals surface area contributed by atoms with Gasteiger partial charge >= 0.3 is 0 Å². The Morgan fingerprint density at radius 3 is 2.75 bits per heavy atom. The monoisotopic (exact) mass is 165 g/mol. The lowest BCUT2D eigenvalue weighted by Gasteiger charge is -2.23. The molecule has 1 aliphatic heterocycles. The Kier molecular flexibility index (Phi) is 1.51. The molecule has 1 aromatic rings. The summed E-state index contributed by atoms with van der Waals surface area (Å²) in [6.45, 7) is 7.61. The third-order valence-corrected chi connectivity index (χ3v) is 2.56. The van der Waals surface area contributed by atoms with Crippen LogP contribution >= 0.6 is 0 Å². The van der Waals surface area contributed by atoms with E-state index in [4.69, 9.17) is 0 Å². The molecule has 0 amide bonds. The first-order chi connectivity index (χ1) is 5.60. The van der Waals surface area contributed by atoms with Gasteiger partial charge in [0.15, 0.2) is 0 Å². The van der Waals surface area contributed by atoms with Crippen molar-refractivity contribution in [3.05, 3.63) is 18.0 Å². The van der Waals surface area contributed by atoms with Crippen molar-refractivity contribution < 1.29 is 0 Å². The van der Waals surface area contributed by atoms with Crippen LogP contribution in [0.4, 0.5) is 0 Å². The van der Waals surface area contributed by atoms with Crippen molar-refractivity contribution in [3.8, 4) is 0 Å². The third kappa shape index (κ3) is 1.14. The van der Waals surface area contributed by atoms with Crippen LogP contribution in [0.3, 0.4) is 0 Å². The Labute approximate surface area is 72.8 Å². The van der Waals surface area contributed by atoms with E-state index in [2.05, 4.69) is 37.4 Å². The average molecular weight is 165 g/mol. The minimum Gasteiger partial charge on any atom is -0.309 e. The summed E-state index contributed by atoms with van der Waals surface area (Å²) < 4.78 is 2.05. The first-order valence-electron chi connectivity index (χ1n) is 4.36. The molecular weight excluding hydrogens is 150 g/mol. The van der Waals surface area contributed by atoms with E-state index in [1.54, 1.807) is 0 Å². The van der Waals surface area contributed by atoms with E-state index in [1.165, 1.54) is 5.56 Å². The van der Waals surface area contributed by atoms with Crippen molar-refractivity contribution in [2.24, 2.45) is 0 Å². The molecule has 0 aliphatic carbocycles. The van der Waals surface area contributed by atoms with Crippen molar-refractivity contribution in [3.63, 3.8) is 0 Å². The fraction of sp³-hybridized carbons (Fsp3) is 0.667. The molecule has 66 valence electrons. The fourth-order valence-corrected chi connectivity index (χ4v) is 1.45. The summed E-state index contributed by atoms with van der Waals surface area (Å²) in [6, 6.07) is 0.594. The minimum atomic E-state index is 0.119. The number of hydrogen-bond acceptors (Lipinski definition) is 2. The van der Waals surface area contributed by atoms with Gasteiger partial charge in [0.05, 0.1) is 11.7 Å². The Morgan fingerprint density at radius 2 is 2.33 bits per heavy atom. The molecule has 0 saturated carbocycles. The minimum absolute atomic E-state index is 0.119. The first-order valence-corrected chi connectivity index (χ1v) is 4.36. The third-order valence-electron chi connectivity index (χ3n) is 2.56. The van der Waals surface area contributed by atoms with Gasteiger partial charge < -0.3 is 5.32 Å². The second kappa shape index (κ2) is 2.33. The normalized spacial score (nSPS) is 22.8. The lowest BCUT2D eigenvalue weighted by Crippen LogP contribution is -2.34. The molecule has 1 aliphatic rings. The quantitative estimate of drug-likeness (QED) is 0.661. The summed E-state index contributed by atoms with van der Waals surface area (Å²) in [7, 11) is 0. The molecule has 3 heteroatoms. The van der Waals surface area contributed by atoms with Crippen LogP contribution in [0.25, 0.3) is 0 Å². The first kappa shape index (κ1) is 7.80. The Balaban J connectivity index is 2.27. The number of aromatic nitrogens is 2. The molecule has 3 nitrogen and oxygen atoms in total. The van der Waals surface area contributed by atoms with Crippen LogP contribution in [0.2, 0.25) is 0 Å². The molecule has 1 N–H and O–H groups in total. The lowest BCUT2D eigenvalue weighted by molar-refractivity contribution is 0.312. The summed E-state index contributed by atoms with van der Waals surface area (Å²) in [5.74, 6) is 0. The zero-order valence-corrected chi connectivity index (χ0v) is 7.83. The van der Waals surface area contributed by atoms with Crippen LogP contribution in [0.15, 0.2) is 12.4 Å². The maximum atomic E-state index is 4.33. The van der Waals surface area contributed by atoms with Crippen LogP contribution in [0, 0.1) is 6.92 Å². The second-order valence-corrected chi connectivity index (χ2v) is 4.08. The zero-order chi connectivity index (χ0) is 8.77. The van der Waals surface area contributed by atoms with Gasteiger partial charge in [-0.3, -0.25) is 4.68 Å². The van der Waals surface area contributed by atoms with Gasteiger partial charge in [-0.1, -0.05) is 0 Å². The van der Waals surface area contributed by atoms with E-state index in [-0.39, 0.29) is 5.54 Å². The highest BCUT2D eigenvalue weighted by Gasteiger charge is 2.39. The molecule has 1 unspecified atom stereocenters. The second-order valence-electron chi connectivity index (χ2n) is 4.08. The van der Waals surface area contributed by atoms with Crippen LogP contribution in [0.1, 0.15) is 19.4 Å². The van der Waals surface area contributed by atoms with Crippen LogP contribution in [-0.4, -0.2) is 22.4 Å². The Hall–Kier alpha value is -0.830. The van der Waals surface area contributed by atoms with E-state index in [1.807, 2.05) is 10.9 Å². The average Bonchev–Trinajstić information content (AvgIpc) is 2.75. The van der Waals surface area contributed by atoms with Gasteiger partial charge in [0, 0.05) is 18.8 Å². The summed E-state index contributed by atoms with van der Waals surface area (Å²) in [6.07, 6.45) is 4.00. The van der Waals surface area contributed by atoms with E-state index >= 15 is 0 Å². The van der Waals surface area contributed by atoms with E-state index in [9.17, 15) is 0 Å². The van der Waals surface area contributed by atoms with Crippen molar-refractivity contribution in [2.75, 3.05) is 6.54 Å². The molecule has 0 spiro atoms. The fourth-order valence-electron chi connectivity index (χ4n) is 1.45. The summed E-state index contributed by atoms with van der Waals surface area (Å²) in [5.41, 5.74) is 1.34. The number of hydrogen-bond donors (Lipinski definition) is 1. The molecule has 0 aromatic carbocycles. The molecule has 1 fully saturated rings. The molecule has 1 saturated heterocycles. The van der Waals surface area contributed by atoms with Gasteiger partial charge in [0.1, 0.15) is 0 Å². The molecule has 0 bridgehead atoms. The smallest absolute Gasteiger partial charge is 0.0736 e. The highest BCUT2D eigenvalue weighted by molar-refractivity contribution is 5.06. The van der Waals surface area contributed by atoms with Gasteiger partial charge in [-0.05, 0) is 26.3 Å². The van der Waals surface area contributed by atoms with Crippen molar-refractivity contribution in [2.45, 2.75) is 32.4 Å². The number of nitrogens with zero attached hydrogens (tertiary/aromatic N) is 2. The maximum absolute atomic E-state index is 4.33. The van der Waals surface area contributed by atoms with Crippen molar-refractivity contribution in [1.82, 2.24) is 15.1 Å². The molecular formula is C9H15N3. The molecule has 2 heterocycles. The van der Waals surface area contributed by atoms with E-state index in [0.717, 1.165) is 6.54 Å². The Bertz CT molecular complexity index is 284. The Morgan fingerprint density at radius 1 is 1.67 bits per heavy atom. The summed E-state index contributed by atoms with van der Waals surface area (Å²) in [4.78, 5) is 0. The van der Waals surface area contributed by atoms with Gasteiger partial charge in [-0.25, -0.2) is 0 Å². The van der Waals surface area contributed by atoms with Crippen LogP contribution < -0.4 is 5.32 Å². The highest BCUT2D eigenvalue weighted by atomic mass is 15.3. The molecule has 12 heavy (non-hydrogen) atoms. The lowest BCUT2D eigenvalue weighted by atomic mass is 10.0. The van der Waals surface area contributed by atoms with Crippen molar-refractivity contribution in [1.29, 1.82) is 0 Å². The number of rotatable bonds is 2. The van der Waals surface area contributed by atoms with Gasteiger partial charge in [0.2, 0.25) is 0 Å². The zero-order valence-electron chi connectivity index (χ0n) is 7.83. The van der Waals surface area contributed by atoms with Crippen molar-refractivity contribution >= 4 is 0 Å². The summed E-state index contributed by atoms with van der Waals surface area (Å²) >= 11 is 0. The summed E-state index contributed by atoms with van der Waals surface area (Å²) in [5, 5.41) is 7.65. The van der Waals surface area contributed by atoms with E-state index < -0.39 is 0 Å². The predicted molar refractivity (Wildman–Crippen MR) is 48.1 cm³/mol. The maximum Gasteiger partial charge on any atom is 0.0736 e. The molecule has 1 aromatic heterocycles. The van der Waals surface area contributed by atoms with E-state index in [0.29, 0.717) is 6.04 Å². The highest BCUT2D eigenvalue weighted by Crippen LogP contribution is 2.24. The van der Waals surface area contributed by atoms with Crippen LogP contribution in [0.5, 0.6) is 0 Å². The van der Waals surface area contributed by atoms with Gasteiger partial charge in [-0.15, -0.1) is 0 Å². The standard InChI is InChI=1S/C9H15N3/c1-7-4-11-12(6-7)9(2,3)8-5-10-8/h4,6,8,10H,5H2,1-3H3. The van der Waals surface area contributed by atoms with Gasteiger partial charge in [-0.2, -0.15) is 5.10 Å². The topological polar surface area (TPSA) is 39.8 Å². The largest absolute Gasteiger partial charge is 0.309 e. The number of aryl methyl sites for hydroxylation is 1. The predicted octanol–water partition coefficient (Wildman–Crippen LogP) is 0.898. The van der Waals surface area contributed by atoms with Gasteiger partial charge in [0.25, 0.3) is 0 Å². The molecule has 2 rings (SSSR count). The molecule has 1 atom stereocenters.